The van der Waals surface area contributed by atoms with E-state index in [1.54, 1.807) is 11.8 Å². The predicted molar refractivity (Wildman–Crippen MR) is 179 cm³/mol. The van der Waals surface area contributed by atoms with Crippen LogP contribution < -0.4 is 22.3 Å². The number of rotatable bonds is 24. The van der Waals surface area contributed by atoms with Crippen molar-refractivity contribution >= 4 is 29.9 Å². The Bertz CT molecular complexity index is 948. The molecule has 0 aliphatic carbocycles. The number of thioether (sulfide) groups is 1. The molecule has 2 atom stereocenters. The van der Waals surface area contributed by atoms with E-state index in [4.69, 9.17) is 9.47 Å². The van der Waals surface area contributed by atoms with E-state index in [2.05, 4.69) is 12.2 Å². The second kappa shape index (κ2) is 26.1. The topological polar surface area (TPSA) is 88.8 Å². The van der Waals surface area contributed by atoms with Gasteiger partial charge in [0.15, 0.2) is 6.20 Å². The summed E-state index contributed by atoms with van der Waals surface area (Å²) in [5.74, 6) is -0.348. The van der Waals surface area contributed by atoms with Crippen molar-refractivity contribution in [3.63, 3.8) is 0 Å². The summed E-state index contributed by atoms with van der Waals surface area (Å²) >= 11 is 1.65. The molecule has 2 rings (SSSR count). The van der Waals surface area contributed by atoms with Crippen LogP contribution in [0.3, 0.4) is 0 Å². The molecule has 3 amide bonds. The molecule has 10 heteroatoms. The Morgan fingerprint density at radius 2 is 1.33 bits per heavy atom. The lowest BCUT2D eigenvalue weighted by Crippen LogP contribution is -3.00. The number of unbranched alkanes of at least 4 members (excludes halogenated alkanes) is 15. The molecule has 1 saturated heterocycles. The molecule has 0 saturated carbocycles. The van der Waals surface area contributed by atoms with E-state index >= 15 is 0 Å². The highest BCUT2D eigenvalue weighted by Crippen LogP contribution is 2.37. The standard InChI is InChI=1S/C35H59N3O5S.ClH/c1-4-6-7-8-9-10-11-12-13-14-15-16-17-18-19-21-24-36-34(40)42-28-32-26-33(44-32)29-43-35(41)38(30(3)39)27-31-23-20-22-25-37(31)5-2;/h20,22-23,25,32-33H,4-19,21,24,26-29H2,1-3H3;1H. The molecule has 258 valence electrons. The van der Waals surface area contributed by atoms with Crippen molar-refractivity contribution in [2.75, 3.05) is 19.8 Å². The third-order valence-corrected chi connectivity index (χ3v) is 9.73. The van der Waals surface area contributed by atoms with Gasteiger partial charge in [-0.05, 0) is 19.8 Å². The number of aryl methyl sites for hydroxylation is 1. The van der Waals surface area contributed by atoms with E-state index in [1.165, 1.54) is 96.8 Å². The van der Waals surface area contributed by atoms with E-state index in [0.717, 1.165) is 36.4 Å². The number of nitrogens with one attached hydrogen (secondary N) is 1. The summed E-state index contributed by atoms with van der Waals surface area (Å²) in [6.07, 6.45) is 23.1. The Labute approximate surface area is 283 Å². The molecule has 1 aromatic rings. The molecule has 0 spiro atoms. The maximum absolute atomic E-state index is 12.6. The smallest absolute Gasteiger partial charge is 0.417 e. The molecule has 1 aliphatic rings. The van der Waals surface area contributed by atoms with Crippen molar-refractivity contribution in [1.82, 2.24) is 10.2 Å². The maximum atomic E-state index is 12.6. The number of carbonyl (C=O) groups is 3. The predicted octanol–water partition coefficient (Wildman–Crippen LogP) is 5.34. The van der Waals surface area contributed by atoms with Gasteiger partial charge in [-0.1, -0.05) is 109 Å². The summed E-state index contributed by atoms with van der Waals surface area (Å²) < 4.78 is 12.8. The van der Waals surface area contributed by atoms with Gasteiger partial charge in [0.25, 0.3) is 0 Å². The van der Waals surface area contributed by atoms with Crippen molar-refractivity contribution < 1.29 is 40.8 Å². The van der Waals surface area contributed by atoms with Gasteiger partial charge in [-0.25, -0.2) is 19.1 Å². The largest absolute Gasteiger partial charge is 1.00 e. The molecular formula is C35H60ClN3O5S. The molecule has 8 nitrogen and oxygen atoms in total. The second-order valence-electron chi connectivity index (χ2n) is 12.1. The summed E-state index contributed by atoms with van der Waals surface area (Å²) in [5.41, 5.74) is 0.866. The summed E-state index contributed by atoms with van der Waals surface area (Å²) in [7, 11) is 0. The summed E-state index contributed by atoms with van der Waals surface area (Å²) in [6.45, 7) is 7.82. The number of hydrogen-bond donors (Lipinski definition) is 1. The van der Waals surface area contributed by atoms with Gasteiger partial charge in [-0.15, -0.1) is 11.8 Å². The number of alkyl carbamates (subject to hydrolysis) is 1. The normalized spacial score (nSPS) is 15.4. The van der Waals surface area contributed by atoms with Crippen molar-refractivity contribution in [1.29, 1.82) is 0 Å². The van der Waals surface area contributed by atoms with Gasteiger partial charge in [0, 0.05) is 36.1 Å². The zero-order chi connectivity index (χ0) is 31.8. The lowest BCUT2D eigenvalue weighted by atomic mass is 10.0. The minimum Gasteiger partial charge on any atom is -1.00 e. The number of ether oxygens (including phenoxy) is 2. The summed E-state index contributed by atoms with van der Waals surface area (Å²) in [5, 5.41) is 3.21. The van der Waals surface area contributed by atoms with Crippen LogP contribution in [0.2, 0.25) is 0 Å². The first-order valence-corrected chi connectivity index (χ1v) is 18.4. The monoisotopic (exact) mass is 669 g/mol. The first kappa shape index (κ1) is 41.0. The van der Waals surface area contributed by atoms with Crippen molar-refractivity contribution in [2.45, 2.75) is 154 Å². The van der Waals surface area contributed by atoms with Crippen molar-refractivity contribution in [3.8, 4) is 0 Å². The molecule has 0 bridgehead atoms. The highest BCUT2D eigenvalue weighted by atomic mass is 35.5. The first-order valence-electron chi connectivity index (χ1n) is 17.4. The third kappa shape index (κ3) is 18.7. The molecule has 0 aromatic carbocycles. The van der Waals surface area contributed by atoms with Gasteiger partial charge < -0.3 is 27.2 Å². The van der Waals surface area contributed by atoms with Crippen molar-refractivity contribution in [3.05, 3.63) is 30.1 Å². The van der Waals surface area contributed by atoms with Crippen LogP contribution in [-0.4, -0.2) is 53.3 Å². The number of halogens is 1. The fourth-order valence-corrected chi connectivity index (χ4v) is 6.69. The van der Waals surface area contributed by atoms with Gasteiger partial charge in [-0.2, -0.15) is 0 Å². The fraction of sp³-hybridized carbons (Fsp3) is 0.771. The maximum Gasteiger partial charge on any atom is 0.417 e. The Morgan fingerprint density at radius 1 is 0.822 bits per heavy atom. The van der Waals surface area contributed by atoms with Crippen LogP contribution >= 0.6 is 11.8 Å². The molecule has 1 fully saturated rings. The average Bonchev–Trinajstić information content (AvgIpc) is 3.00. The van der Waals surface area contributed by atoms with Crippen LogP contribution in [0, 0.1) is 0 Å². The Morgan fingerprint density at radius 3 is 1.84 bits per heavy atom. The van der Waals surface area contributed by atoms with E-state index in [0.29, 0.717) is 13.2 Å². The molecule has 1 aromatic heterocycles. The Kier molecular flexibility index (Phi) is 23.8. The zero-order valence-electron chi connectivity index (χ0n) is 28.2. The molecule has 0 radical (unpaired) electrons. The second-order valence-corrected chi connectivity index (χ2v) is 13.7. The van der Waals surface area contributed by atoms with Gasteiger partial charge in [0.2, 0.25) is 11.6 Å². The van der Waals surface area contributed by atoms with Crippen LogP contribution in [0.15, 0.2) is 24.4 Å². The molecule has 45 heavy (non-hydrogen) atoms. The van der Waals surface area contributed by atoms with E-state index in [9.17, 15) is 14.4 Å². The number of imide groups is 1. The minimum atomic E-state index is -0.627. The van der Waals surface area contributed by atoms with E-state index in [1.807, 2.05) is 35.9 Å². The minimum absolute atomic E-state index is 0. The first-order chi connectivity index (χ1) is 21.4. The van der Waals surface area contributed by atoms with Crippen LogP contribution in [0.4, 0.5) is 9.59 Å². The van der Waals surface area contributed by atoms with Gasteiger partial charge in [0.1, 0.15) is 26.3 Å². The van der Waals surface area contributed by atoms with Crippen LogP contribution in [0.25, 0.3) is 0 Å². The van der Waals surface area contributed by atoms with E-state index in [-0.39, 0.29) is 48.1 Å². The van der Waals surface area contributed by atoms with E-state index < -0.39 is 6.09 Å². The van der Waals surface area contributed by atoms with Crippen LogP contribution in [0.5, 0.6) is 0 Å². The zero-order valence-corrected chi connectivity index (χ0v) is 29.8. The molecule has 1 N–H and O–H groups in total. The summed E-state index contributed by atoms with van der Waals surface area (Å²) in [6, 6.07) is 5.71. The van der Waals surface area contributed by atoms with Gasteiger partial charge >= 0.3 is 12.2 Å². The number of aromatic nitrogens is 1. The molecular weight excluding hydrogens is 610 g/mol. The molecule has 2 unspecified atom stereocenters. The highest BCUT2D eigenvalue weighted by Gasteiger charge is 2.33. The van der Waals surface area contributed by atoms with Crippen LogP contribution in [-0.2, 0) is 27.4 Å². The quantitative estimate of drug-likeness (QED) is 0.118. The number of nitrogens with zero attached hydrogens (tertiary/aromatic N) is 2. The number of amides is 3. The van der Waals surface area contributed by atoms with Gasteiger partial charge in [-0.3, -0.25) is 4.79 Å². The SMILES string of the molecule is CCCCCCCCCCCCCCCCCCNC(=O)OCC1CC(COC(=O)N(Cc2cccc[n+]2CC)C(C)=O)S1.[Cl-]. The highest BCUT2D eigenvalue weighted by molar-refractivity contribution is 8.01. The number of hydrogen-bond acceptors (Lipinski definition) is 6. The van der Waals surface area contributed by atoms with Crippen LogP contribution in [0.1, 0.15) is 136 Å². The number of pyridine rings is 1. The van der Waals surface area contributed by atoms with Crippen molar-refractivity contribution in [2.24, 2.45) is 0 Å². The lowest BCUT2D eigenvalue weighted by molar-refractivity contribution is -0.701. The van der Waals surface area contributed by atoms with Gasteiger partial charge in [0.05, 0.1) is 0 Å². The Balaban J connectivity index is 0.0000101. The fourth-order valence-electron chi connectivity index (χ4n) is 5.52. The molecule has 2 heterocycles. The average molecular weight is 670 g/mol. The Hall–Kier alpha value is -2.00. The lowest BCUT2D eigenvalue weighted by Gasteiger charge is -2.34. The summed E-state index contributed by atoms with van der Waals surface area (Å²) in [4.78, 5) is 37.9. The molecule has 1 aliphatic heterocycles. The number of carbonyl (C=O) groups excluding carboxylic acids is 3. The third-order valence-electron chi connectivity index (χ3n) is 8.30.